The Bertz CT molecular complexity index is 649. The highest BCUT2D eigenvalue weighted by molar-refractivity contribution is 7.13. The van der Waals surface area contributed by atoms with Crippen molar-refractivity contribution in [1.82, 2.24) is 10.3 Å². The molecule has 0 aliphatic rings. The number of aromatic nitrogens is 1. The fourth-order valence-electron chi connectivity index (χ4n) is 2.57. The first-order chi connectivity index (χ1) is 11.5. The predicted molar refractivity (Wildman–Crippen MR) is 100 cm³/mol. The Kier molecular flexibility index (Phi) is 6.94. The molecular formula is C19H28N3OS+. The highest BCUT2D eigenvalue weighted by Crippen LogP contribution is 2.23. The number of thiazole rings is 1. The van der Waals surface area contributed by atoms with Gasteiger partial charge < -0.3 is 10.2 Å². The number of nitrogens with zero attached hydrogens (tertiary/aromatic N) is 1. The van der Waals surface area contributed by atoms with Gasteiger partial charge in [0.05, 0.1) is 6.54 Å². The summed E-state index contributed by atoms with van der Waals surface area (Å²) in [6, 6.07) is 8.80. The Morgan fingerprint density at radius 1 is 1.25 bits per heavy atom. The normalized spacial score (nSPS) is 12.4. The first-order valence-electron chi connectivity index (χ1n) is 8.68. The molecule has 1 aromatic carbocycles. The third-order valence-corrected chi connectivity index (χ3v) is 4.89. The number of hydrogen-bond donors (Lipinski definition) is 2. The number of hydrogen-bond acceptors (Lipinski definition) is 3. The van der Waals surface area contributed by atoms with Crippen LogP contribution in [0.15, 0.2) is 29.6 Å². The summed E-state index contributed by atoms with van der Waals surface area (Å²) < 4.78 is 0. The van der Waals surface area contributed by atoms with Crippen LogP contribution in [0.3, 0.4) is 0 Å². The number of quaternary nitrogens is 1. The van der Waals surface area contributed by atoms with E-state index in [2.05, 4.69) is 48.8 Å². The van der Waals surface area contributed by atoms with Crippen molar-refractivity contribution in [2.45, 2.75) is 46.7 Å². The van der Waals surface area contributed by atoms with Gasteiger partial charge in [0.2, 0.25) is 0 Å². The predicted octanol–water partition coefficient (Wildman–Crippen LogP) is 2.30. The van der Waals surface area contributed by atoms with Crippen LogP contribution in [0.4, 0.5) is 0 Å². The van der Waals surface area contributed by atoms with Gasteiger partial charge in [-0.25, -0.2) is 4.98 Å². The average molecular weight is 347 g/mol. The number of aryl methyl sites for hydroxylation is 1. The third-order valence-electron chi connectivity index (χ3n) is 3.95. The highest BCUT2D eigenvalue weighted by Gasteiger charge is 2.16. The molecule has 0 fully saturated rings. The summed E-state index contributed by atoms with van der Waals surface area (Å²) in [5, 5.41) is 6.12. The smallest absolute Gasteiger partial charge is 0.275 e. The lowest BCUT2D eigenvalue weighted by atomic mass is 10.1. The largest absolute Gasteiger partial charge is 0.349 e. The summed E-state index contributed by atoms with van der Waals surface area (Å²) in [5.41, 5.74) is 3.57. The molecule has 1 heterocycles. The molecule has 1 atom stereocenters. The number of benzene rings is 1. The van der Waals surface area contributed by atoms with Crippen LogP contribution in [0.25, 0.3) is 10.6 Å². The van der Waals surface area contributed by atoms with Gasteiger partial charge in [-0.1, -0.05) is 31.2 Å². The molecule has 0 saturated heterocycles. The molecule has 24 heavy (non-hydrogen) atoms. The Balaban J connectivity index is 1.99. The van der Waals surface area contributed by atoms with Crippen LogP contribution < -0.4 is 10.2 Å². The summed E-state index contributed by atoms with van der Waals surface area (Å²) >= 11 is 1.67. The molecule has 1 amide bonds. The topological polar surface area (TPSA) is 46.4 Å². The standard InChI is InChI=1S/C19H27N3OS/c1-5-15-7-9-16(10-8-15)19-21-17(13-24-19)11-22(6-2)12-18(23)20-14(3)4/h7-10,13-14H,5-6,11-12H2,1-4H3,(H,20,23)/p+1. The Morgan fingerprint density at radius 3 is 2.54 bits per heavy atom. The van der Waals surface area contributed by atoms with Crippen molar-refractivity contribution in [3.05, 3.63) is 40.9 Å². The maximum absolute atomic E-state index is 12.0. The molecule has 1 aromatic heterocycles. The molecule has 130 valence electrons. The maximum atomic E-state index is 12.0. The van der Waals surface area contributed by atoms with E-state index in [1.165, 1.54) is 16.0 Å². The Labute approximate surface area is 148 Å². The number of amides is 1. The lowest BCUT2D eigenvalue weighted by molar-refractivity contribution is -0.904. The molecular weight excluding hydrogens is 318 g/mol. The molecule has 0 spiro atoms. The van der Waals surface area contributed by atoms with E-state index in [0.717, 1.165) is 30.2 Å². The van der Waals surface area contributed by atoms with Gasteiger partial charge in [-0.2, -0.15) is 0 Å². The Hall–Kier alpha value is -1.72. The highest BCUT2D eigenvalue weighted by atomic mass is 32.1. The molecule has 1 unspecified atom stereocenters. The van der Waals surface area contributed by atoms with E-state index in [9.17, 15) is 4.79 Å². The fraction of sp³-hybridized carbons (Fsp3) is 0.474. The third kappa shape index (κ3) is 5.42. The van der Waals surface area contributed by atoms with Crippen LogP contribution in [-0.4, -0.2) is 30.0 Å². The van der Waals surface area contributed by atoms with Crippen molar-refractivity contribution in [3.63, 3.8) is 0 Å². The lowest BCUT2D eigenvalue weighted by Crippen LogP contribution is -3.11. The van der Waals surface area contributed by atoms with Gasteiger partial charge in [0, 0.05) is 17.0 Å². The van der Waals surface area contributed by atoms with Gasteiger partial charge in [0.25, 0.3) is 5.91 Å². The molecule has 0 radical (unpaired) electrons. The average Bonchev–Trinajstić information content (AvgIpc) is 3.02. The van der Waals surface area contributed by atoms with E-state index < -0.39 is 0 Å². The van der Waals surface area contributed by atoms with Crippen molar-refractivity contribution in [2.24, 2.45) is 0 Å². The minimum absolute atomic E-state index is 0.104. The molecule has 2 rings (SSSR count). The van der Waals surface area contributed by atoms with Crippen LogP contribution in [0.1, 0.15) is 39.0 Å². The monoisotopic (exact) mass is 346 g/mol. The summed E-state index contributed by atoms with van der Waals surface area (Å²) in [7, 11) is 0. The van der Waals surface area contributed by atoms with E-state index in [0.29, 0.717) is 6.54 Å². The van der Waals surface area contributed by atoms with Crippen molar-refractivity contribution in [1.29, 1.82) is 0 Å². The number of carbonyl (C=O) groups is 1. The van der Waals surface area contributed by atoms with Gasteiger partial charge in [-0.3, -0.25) is 4.79 Å². The van der Waals surface area contributed by atoms with E-state index in [1.54, 1.807) is 11.3 Å². The zero-order valence-corrected chi connectivity index (χ0v) is 15.9. The van der Waals surface area contributed by atoms with Crippen LogP contribution in [0, 0.1) is 0 Å². The number of carbonyl (C=O) groups excluding carboxylic acids is 1. The van der Waals surface area contributed by atoms with E-state index in [1.807, 2.05) is 13.8 Å². The lowest BCUT2D eigenvalue weighted by Gasteiger charge is -2.17. The van der Waals surface area contributed by atoms with E-state index in [4.69, 9.17) is 4.98 Å². The zero-order chi connectivity index (χ0) is 17.5. The molecule has 0 aliphatic carbocycles. The SMILES string of the molecule is CCc1ccc(-c2nc(C[NH+](CC)CC(=O)NC(C)C)cs2)cc1. The minimum Gasteiger partial charge on any atom is -0.349 e. The quantitative estimate of drug-likeness (QED) is 0.770. The number of nitrogens with one attached hydrogen (secondary N) is 2. The van der Waals surface area contributed by atoms with Crippen molar-refractivity contribution in [2.75, 3.05) is 13.1 Å². The minimum atomic E-state index is 0.104. The van der Waals surface area contributed by atoms with Gasteiger partial charge in [0.1, 0.15) is 17.2 Å². The first-order valence-corrected chi connectivity index (χ1v) is 9.56. The van der Waals surface area contributed by atoms with Gasteiger partial charge in [-0.05, 0) is 32.8 Å². The van der Waals surface area contributed by atoms with Crippen LogP contribution in [0.2, 0.25) is 0 Å². The zero-order valence-electron chi connectivity index (χ0n) is 15.1. The second kappa shape index (κ2) is 8.94. The number of likely N-dealkylation sites (N-methyl/N-ethyl adjacent to an activating group) is 1. The molecule has 0 bridgehead atoms. The second-order valence-electron chi connectivity index (χ2n) is 6.37. The molecule has 4 nitrogen and oxygen atoms in total. The Morgan fingerprint density at radius 2 is 1.96 bits per heavy atom. The van der Waals surface area contributed by atoms with Crippen LogP contribution in [-0.2, 0) is 17.8 Å². The molecule has 0 saturated carbocycles. The first kappa shape index (κ1) is 18.6. The summed E-state index contributed by atoms with van der Waals surface area (Å²) in [6.45, 7) is 10.4. The second-order valence-corrected chi connectivity index (χ2v) is 7.23. The number of rotatable bonds is 8. The van der Waals surface area contributed by atoms with Crippen LogP contribution >= 0.6 is 11.3 Å². The summed E-state index contributed by atoms with van der Waals surface area (Å²) in [5.74, 6) is 0.104. The van der Waals surface area contributed by atoms with Crippen molar-refractivity contribution >= 4 is 17.2 Å². The maximum Gasteiger partial charge on any atom is 0.275 e. The van der Waals surface area contributed by atoms with Gasteiger partial charge in [-0.15, -0.1) is 11.3 Å². The molecule has 2 aromatic rings. The van der Waals surface area contributed by atoms with Crippen molar-refractivity contribution in [3.8, 4) is 10.6 Å². The van der Waals surface area contributed by atoms with Crippen molar-refractivity contribution < 1.29 is 9.69 Å². The molecule has 0 aliphatic heterocycles. The van der Waals surface area contributed by atoms with E-state index >= 15 is 0 Å². The van der Waals surface area contributed by atoms with E-state index in [-0.39, 0.29) is 11.9 Å². The summed E-state index contributed by atoms with van der Waals surface area (Å²) in [6.07, 6.45) is 1.05. The fourth-order valence-corrected chi connectivity index (χ4v) is 3.40. The summed E-state index contributed by atoms with van der Waals surface area (Å²) in [4.78, 5) is 17.9. The van der Waals surface area contributed by atoms with Crippen LogP contribution in [0.5, 0.6) is 0 Å². The van der Waals surface area contributed by atoms with Gasteiger partial charge in [0.15, 0.2) is 6.54 Å². The molecule has 2 N–H and O–H groups in total. The molecule has 5 heteroatoms. The van der Waals surface area contributed by atoms with Gasteiger partial charge >= 0.3 is 0 Å².